The fourth-order valence-electron chi connectivity index (χ4n) is 4.18. The molecule has 1 aromatic rings. The molecule has 2 heterocycles. The van der Waals surface area contributed by atoms with Crippen LogP contribution in [0.5, 0.6) is 5.75 Å². The number of carbonyl (C=O) groups is 2. The Hall–Kier alpha value is -2.04. The lowest BCUT2D eigenvalue weighted by Crippen LogP contribution is -2.44. The largest absolute Gasteiger partial charge is 0.491 e. The van der Waals surface area contributed by atoms with Gasteiger partial charge in [-0.05, 0) is 62.8 Å². The van der Waals surface area contributed by atoms with Gasteiger partial charge >= 0.3 is 0 Å². The van der Waals surface area contributed by atoms with Gasteiger partial charge in [0.15, 0.2) is 0 Å². The molecular formula is C21H28N2O3. The molecule has 3 aliphatic rings. The van der Waals surface area contributed by atoms with E-state index in [9.17, 15) is 9.59 Å². The highest BCUT2D eigenvalue weighted by molar-refractivity contribution is 5.94. The molecule has 0 N–H and O–H groups in total. The molecule has 2 saturated heterocycles. The van der Waals surface area contributed by atoms with Gasteiger partial charge in [-0.25, -0.2) is 0 Å². The van der Waals surface area contributed by atoms with Gasteiger partial charge in [0.05, 0.1) is 6.04 Å². The second kappa shape index (κ2) is 7.68. The van der Waals surface area contributed by atoms with Crippen LogP contribution in [0.2, 0.25) is 0 Å². The molecule has 0 unspecified atom stereocenters. The van der Waals surface area contributed by atoms with Crippen LogP contribution in [0.25, 0.3) is 0 Å². The molecule has 1 aromatic carbocycles. The van der Waals surface area contributed by atoms with E-state index < -0.39 is 0 Å². The molecule has 1 atom stereocenters. The maximum Gasteiger partial charge on any atom is 0.253 e. The van der Waals surface area contributed by atoms with Crippen molar-refractivity contribution in [3.63, 3.8) is 0 Å². The second-order valence-electron chi connectivity index (χ2n) is 7.79. The van der Waals surface area contributed by atoms with Crippen LogP contribution in [-0.2, 0) is 4.79 Å². The summed E-state index contributed by atoms with van der Waals surface area (Å²) in [5.74, 6) is 1.47. The molecule has 5 heteroatoms. The van der Waals surface area contributed by atoms with Crippen LogP contribution in [0.1, 0.15) is 55.3 Å². The smallest absolute Gasteiger partial charge is 0.253 e. The molecule has 26 heavy (non-hydrogen) atoms. The first-order valence-electron chi connectivity index (χ1n) is 10.0. The molecule has 3 fully saturated rings. The van der Waals surface area contributed by atoms with Gasteiger partial charge in [0.2, 0.25) is 5.91 Å². The first kappa shape index (κ1) is 17.4. The van der Waals surface area contributed by atoms with Crippen molar-refractivity contribution in [2.75, 3.05) is 26.2 Å². The van der Waals surface area contributed by atoms with E-state index in [2.05, 4.69) is 0 Å². The Bertz CT molecular complexity index is 648. The molecule has 0 radical (unpaired) electrons. The van der Waals surface area contributed by atoms with Crippen LogP contribution in [0, 0.1) is 5.92 Å². The van der Waals surface area contributed by atoms with Crippen LogP contribution in [0.4, 0.5) is 0 Å². The highest BCUT2D eigenvalue weighted by atomic mass is 16.5. The van der Waals surface area contributed by atoms with E-state index in [1.54, 1.807) is 0 Å². The summed E-state index contributed by atoms with van der Waals surface area (Å²) in [6, 6.07) is 7.63. The molecule has 4 rings (SSSR count). The van der Waals surface area contributed by atoms with E-state index in [1.807, 2.05) is 34.1 Å². The first-order valence-corrected chi connectivity index (χ1v) is 10.0. The Labute approximate surface area is 155 Å². The zero-order valence-corrected chi connectivity index (χ0v) is 15.4. The lowest BCUT2D eigenvalue weighted by Gasteiger charge is -2.32. The van der Waals surface area contributed by atoms with Crippen molar-refractivity contribution in [3.05, 3.63) is 29.8 Å². The zero-order valence-electron chi connectivity index (χ0n) is 15.4. The van der Waals surface area contributed by atoms with Gasteiger partial charge in [0.25, 0.3) is 5.91 Å². The molecule has 1 saturated carbocycles. The summed E-state index contributed by atoms with van der Waals surface area (Å²) in [5, 5.41) is 0. The van der Waals surface area contributed by atoms with E-state index in [1.165, 1.54) is 6.42 Å². The third-order valence-electron chi connectivity index (χ3n) is 6.05. The predicted octanol–water partition coefficient (Wildman–Crippen LogP) is 3.09. The van der Waals surface area contributed by atoms with E-state index in [0.717, 1.165) is 69.5 Å². The molecule has 1 aliphatic carbocycles. The van der Waals surface area contributed by atoms with Gasteiger partial charge in [-0.15, -0.1) is 0 Å². The fraction of sp³-hybridized carbons (Fsp3) is 0.619. The Morgan fingerprint density at radius 1 is 0.923 bits per heavy atom. The third-order valence-corrected chi connectivity index (χ3v) is 6.05. The van der Waals surface area contributed by atoms with Crippen molar-refractivity contribution < 1.29 is 14.3 Å². The Morgan fingerprint density at radius 2 is 1.65 bits per heavy atom. The molecule has 2 amide bonds. The number of rotatable bonds is 5. The molecular weight excluding hydrogens is 328 g/mol. The van der Waals surface area contributed by atoms with E-state index in [-0.39, 0.29) is 17.9 Å². The standard InChI is InChI=1S/C21H28N2O3/c24-20(22-12-1-2-13-22)17-8-10-19(11-9-17)26-15-18-7-4-14-23(18)21(25)16-5-3-6-16/h8-11,16,18H,1-7,12-15H2/t18-/m0/s1. The Kier molecular flexibility index (Phi) is 5.14. The number of likely N-dealkylation sites (tertiary alicyclic amines) is 2. The number of hydrogen-bond acceptors (Lipinski definition) is 3. The van der Waals surface area contributed by atoms with Crippen molar-refractivity contribution in [3.8, 4) is 5.75 Å². The minimum atomic E-state index is 0.113. The normalized spacial score (nSPS) is 23.2. The summed E-state index contributed by atoms with van der Waals surface area (Å²) in [6.45, 7) is 3.14. The molecule has 140 valence electrons. The maximum absolute atomic E-state index is 12.5. The number of amides is 2. The predicted molar refractivity (Wildman–Crippen MR) is 99.2 cm³/mol. The minimum absolute atomic E-state index is 0.113. The second-order valence-corrected chi connectivity index (χ2v) is 7.79. The van der Waals surface area contributed by atoms with Crippen LogP contribution in [0.3, 0.4) is 0 Å². The molecule has 0 bridgehead atoms. The van der Waals surface area contributed by atoms with E-state index in [4.69, 9.17) is 4.74 Å². The number of hydrogen-bond donors (Lipinski definition) is 0. The van der Waals surface area contributed by atoms with Gasteiger partial charge in [0.1, 0.15) is 12.4 Å². The molecule has 5 nitrogen and oxygen atoms in total. The molecule has 0 aromatic heterocycles. The van der Waals surface area contributed by atoms with E-state index >= 15 is 0 Å². The molecule has 2 aliphatic heterocycles. The van der Waals surface area contributed by atoms with Crippen molar-refractivity contribution in [1.29, 1.82) is 0 Å². The van der Waals surface area contributed by atoms with Crippen molar-refractivity contribution in [1.82, 2.24) is 9.80 Å². The van der Waals surface area contributed by atoms with Crippen molar-refractivity contribution in [2.24, 2.45) is 5.92 Å². The van der Waals surface area contributed by atoms with Crippen LogP contribution in [0.15, 0.2) is 24.3 Å². The summed E-state index contributed by atoms with van der Waals surface area (Å²) in [4.78, 5) is 28.9. The zero-order chi connectivity index (χ0) is 17.9. The van der Waals surface area contributed by atoms with Gasteiger partial charge < -0.3 is 14.5 Å². The van der Waals surface area contributed by atoms with Gasteiger partial charge in [-0.1, -0.05) is 6.42 Å². The summed E-state index contributed by atoms with van der Waals surface area (Å²) in [5.41, 5.74) is 0.724. The fourth-order valence-corrected chi connectivity index (χ4v) is 4.18. The van der Waals surface area contributed by atoms with Gasteiger partial charge in [-0.2, -0.15) is 0 Å². The lowest BCUT2D eigenvalue weighted by molar-refractivity contribution is -0.139. The van der Waals surface area contributed by atoms with Gasteiger partial charge in [-0.3, -0.25) is 9.59 Å². The average molecular weight is 356 g/mol. The quantitative estimate of drug-likeness (QED) is 0.815. The van der Waals surface area contributed by atoms with Crippen LogP contribution >= 0.6 is 0 Å². The number of carbonyl (C=O) groups excluding carboxylic acids is 2. The van der Waals surface area contributed by atoms with Crippen LogP contribution < -0.4 is 4.74 Å². The summed E-state index contributed by atoms with van der Waals surface area (Å²) < 4.78 is 5.94. The monoisotopic (exact) mass is 356 g/mol. The van der Waals surface area contributed by atoms with Crippen molar-refractivity contribution >= 4 is 11.8 Å². The summed E-state index contributed by atoms with van der Waals surface area (Å²) in [7, 11) is 0. The molecule has 0 spiro atoms. The van der Waals surface area contributed by atoms with Crippen molar-refractivity contribution in [2.45, 2.75) is 51.0 Å². The Balaban J connectivity index is 1.31. The maximum atomic E-state index is 12.5. The average Bonchev–Trinajstić information content (AvgIpc) is 3.30. The topological polar surface area (TPSA) is 49.9 Å². The van der Waals surface area contributed by atoms with E-state index in [0.29, 0.717) is 12.5 Å². The first-order chi connectivity index (χ1) is 12.7. The summed E-state index contributed by atoms with van der Waals surface area (Å²) in [6.07, 6.45) is 7.58. The highest BCUT2D eigenvalue weighted by Crippen LogP contribution is 2.31. The SMILES string of the molecule is O=C(c1ccc(OC[C@@H]2CCCN2C(=O)C2CCC2)cc1)N1CCCC1. The number of ether oxygens (including phenoxy) is 1. The highest BCUT2D eigenvalue weighted by Gasteiger charge is 2.35. The lowest BCUT2D eigenvalue weighted by atomic mass is 9.84. The number of benzene rings is 1. The summed E-state index contributed by atoms with van der Waals surface area (Å²) >= 11 is 0. The number of nitrogens with zero attached hydrogens (tertiary/aromatic N) is 2. The van der Waals surface area contributed by atoms with Gasteiger partial charge in [0, 0.05) is 31.1 Å². The third kappa shape index (κ3) is 3.57. The Morgan fingerprint density at radius 3 is 2.31 bits per heavy atom. The van der Waals surface area contributed by atoms with Crippen LogP contribution in [-0.4, -0.2) is 53.9 Å². The minimum Gasteiger partial charge on any atom is -0.491 e.